The van der Waals surface area contributed by atoms with E-state index >= 15 is 0 Å². The molecule has 0 atom stereocenters. The lowest BCUT2D eigenvalue weighted by Crippen LogP contribution is -2.14. The predicted molar refractivity (Wildman–Crippen MR) is 141 cm³/mol. The number of aliphatic hydroxyl groups excluding tert-OH is 1. The fraction of sp³-hybridized carbons (Fsp3) is 0.269. The Hall–Kier alpha value is -3.04. The highest BCUT2D eigenvalue weighted by Crippen LogP contribution is 2.42. The Bertz CT molecular complexity index is 1190. The molecule has 1 N–H and O–H groups in total. The molecule has 0 saturated heterocycles. The number of esters is 1. The molecular formula is C26H26BrNO6S. The summed E-state index contributed by atoms with van der Waals surface area (Å²) in [7, 11) is 1.54. The van der Waals surface area contributed by atoms with E-state index in [1.54, 1.807) is 26.2 Å². The van der Waals surface area contributed by atoms with Crippen LogP contribution in [-0.4, -0.2) is 35.7 Å². The first-order valence-corrected chi connectivity index (χ1v) is 12.6. The van der Waals surface area contributed by atoms with Gasteiger partial charge in [0.1, 0.15) is 23.0 Å². The van der Waals surface area contributed by atoms with Crippen LogP contribution in [-0.2, 0) is 20.9 Å². The van der Waals surface area contributed by atoms with Crippen LogP contribution in [0.3, 0.4) is 0 Å². The Morgan fingerprint density at radius 2 is 1.91 bits per heavy atom. The van der Waals surface area contributed by atoms with E-state index in [2.05, 4.69) is 20.9 Å². The number of hydrogen-bond acceptors (Lipinski definition) is 7. The van der Waals surface area contributed by atoms with E-state index in [1.165, 1.54) is 0 Å². The standard InChI is InChI=1S/C26H26BrNO6S/c1-4-9-21(29)28-25-22(26(31)33-5-2)23(30)20(35-25)14-17-12-18(27)24(19(13-17)32-3)34-15-16-10-7-6-8-11-16/h6-8,10-14,30H,4-5,9,15H2,1-3H3/b20-14-,28-25?. The van der Waals surface area contributed by atoms with Crippen molar-refractivity contribution >= 4 is 50.7 Å². The number of aliphatic imine (C=N–C) groups is 1. The number of nitrogens with zero attached hydrogens (tertiary/aromatic N) is 1. The van der Waals surface area contributed by atoms with Crippen LogP contribution in [0.25, 0.3) is 6.08 Å². The number of methoxy groups -OCH3 is 1. The number of carbonyl (C=O) groups is 2. The van der Waals surface area contributed by atoms with Crippen LogP contribution < -0.4 is 9.47 Å². The second kappa shape index (κ2) is 12.6. The van der Waals surface area contributed by atoms with Gasteiger partial charge in [-0.3, -0.25) is 4.79 Å². The Balaban J connectivity index is 1.94. The zero-order chi connectivity index (χ0) is 25.4. The molecule has 0 unspecified atom stereocenters. The van der Waals surface area contributed by atoms with Crippen LogP contribution in [0.1, 0.15) is 37.8 Å². The van der Waals surface area contributed by atoms with Crippen LogP contribution in [0.4, 0.5) is 0 Å². The van der Waals surface area contributed by atoms with Crippen LogP contribution in [0.5, 0.6) is 11.5 Å². The minimum atomic E-state index is -0.729. The first kappa shape index (κ1) is 26.6. The first-order chi connectivity index (χ1) is 16.9. The number of benzene rings is 2. The van der Waals surface area contributed by atoms with Crippen molar-refractivity contribution in [3.63, 3.8) is 0 Å². The van der Waals surface area contributed by atoms with E-state index in [0.717, 1.165) is 17.3 Å². The topological polar surface area (TPSA) is 94.4 Å². The predicted octanol–water partition coefficient (Wildman–Crippen LogP) is 6.22. The average Bonchev–Trinajstić information content (AvgIpc) is 3.13. The first-order valence-electron chi connectivity index (χ1n) is 11.0. The number of aliphatic hydroxyl groups is 1. The summed E-state index contributed by atoms with van der Waals surface area (Å²) in [5.41, 5.74) is 1.58. The summed E-state index contributed by atoms with van der Waals surface area (Å²) in [5, 5.41) is 10.9. The molecule has 1 heterocycles. The molecule has 2 aromatic rings. The Labute approximate surface area is 217 Å². The molecule has 1 aliphatic rings. The van der Waals surface area contributed by atoms with E-state index < -0.39 is 5.97 Å². The molecule has 0 aliphatic carbocycles. The molecular weight excluding hydrogens is 534 g/mol. The van der Waals surface area contributed by atoms with Crippen molar-refractivity contribution in [3.8, 4) is 11.5 Å². The summed E-state index contributed by atoms with van der Waals surface area (Å²) in [6.07, 6.45) is 2.55. The minimum absolute atomic E-state index is 0.110. The van der Waals surface area contributed by atoms with Crippen molar-refractivity contribution in [2.24, 2.45) is 4.99 Å². The lowest BCUT2D eigenvalue weighted by molar-refractivity contribution is -0.138. The van der Waals surface area contributed by atoms with Crippen molar-refractivity contribution in [2.45, 2.75) is 33.3 Å². The Kier molecular flexibility index (Phi) is 9.56. The van der Waals surface area contributed by atoms with Crippen LogP contribution in [0, 0.1) is 0 Å². The van der Waals surface area contributed by atoms with Gasteiger partial charge in [0.15, 0.2) is 11.5 Å². The van der Waals surface area contributed by atoms with Crippen LogP contribution in [0.2, 0.25) is 0 Å². The molecule has 35 heavy (non-hydrogen) atoms. The zero-order valence-corrected chi connectivity index (χ0v) is 22.1. The summed E-state index contributed by atoms with van der Waals surface area (Å²) in [6, 6.07) is 13.3. The van der Waals surface area contributed by atoms with Gasteiger partial charge in [0.05, 0.1) is 23.1 Å². The van der Waals surface area contributed by atoms with Crippen LogP contribution in [0.15, 0.2) is 68.2 Å². The summed E-state index contributed by atoms with van der Waals surface area (Å²) in [5.74, 6) is -0.346. The highest BCUT2D eigenvalue weighted by Gasteiger charge is 2.33. The van der Waals surface area contributed by atoms with Gasteiger partial charge in [-0.2, -0.15) is 0 Å². The van der Waals surface area contributed by atoms with Crippen molar-refractivity contribution in [3.05, 3.63) is 74.3 Å². The maximum absolute atomic E-state index is 12.5. The van der Waals surface area contributed by atoms with E-state index in [1.807, 2.05) is 43.3 Å². The molecule has 2 aromatic carbocycles. The lowest BCUT2D eigenvalue weighted by Gasteiger charge is -2.14. The van der Waals surface area contributed by atoms with Gasteiger partial charge >= 0.3 is 5.97 Å². The molecule has 7 nitrogen and oxygen atoms in total. The number of carbonyl (C=O) groups excluding carboxylic acids is 2. The van der Waals surface area contributed by atoms with Crippen molar-refractivity contribution in [1.82, 2.24) is 0 Å². The Morgan fingerprint density at radius 1 is 1.17 bits per heavy atom. The third-order valence-electron chi connectivity index (χ3n) is 4.84. The van der Waals surface area contributed by atoms with Gasteiger partial charge in [0.25, 0.3) is 0 Å². The zero-order valence-electron chi connectivity index (χ0n) is 19.7. The van der Waals surface area contributed by atoms with E-state index in [0.29, 0.717) is 39.5 Å². The molecule has 0 bridgehead atoms. The molecule has 0 radical (unpaired) electrons. The second-order valence-electron chi connectivity index (χ2n) is 7.42. The van der Waals surface area contributed by atoms with Crippen molar-refractivity contribution in [2.75, 3.05) is 13.7 Å². The summed E-state index contributed by atoms with van der Waals surface area (Å²) < 4.78 is 17.2. The molecule has 1 amide bonds. The van der Waals surface area contributed by atoms with Crippen molar-refractivity contribution in [1.29, 1.82) is 0 Å². The highest BCUT2D eigenvalue weighted by atomic mass is 79.9. The molecule has 9 heteroatoms. The molecule has 0 aromatic heterocycles. The summed E-state index contributed by atoms with van der Waals surface area (Å²) in [6.45, 7) is 4.02. The monoisotopic (exact) mass is 559 g/mol. The number of hydrogen-bond donors (Lipinski definition) is 1. The fourth-order valence-electron chi connectivity index (χ4n) is 3.22. The number of thioether (sulfide) groups is 1. The smallest absolute Gasteiger partial charge is 0.344 e. The maximum atomic E-state index is 12.5. The molecule has 1 aliphatic heterocycles. The number of amides is 1. The second-order valence-corrected chi connectivity index (χ2v) is 9.31. The summed E-state index contributed by atoms with van der Waals surface area (Å²) >= 11 is 4.58. The molecule has 184 valence electrons. The normalized spacial score (nSPS) is 15.5. The molecule has 0 saturated carbocycles. The number of halogens is 1. The maximum Gasteiger partial charge on any atom is 0.344 e. The highest BCUT2D eigenvalue weighted by molar-refractivity contribution is 9.10. The molecule has 3 rings (SSSR count). The number of ether oxygens (including phenoxy) is 3. The largest absolute Gasteiger partial charge is 0.506 e. The molecule has 0 spiro atoms. The van der Waals surface area contributed by atoms with E-state index in [9.17, 15) is 14.7 Å². The van der Waals surface area contributed by atoms with Gasteiger partial charge in [-0.15, -0.1) is 0 Å². The number of rotatable bonds is 9. The quantitative estimate of drug-likeness (QED) is 0.364. The third-order valence-corrected chi connectivity index (χ3v) is 6.44. The van der Waals surface area contributed by atoms with Gasteiger partial charge in [-0.05, 0) is 58.6 Å². The Morgan fingerprint density at radius 3 is 2.57 bits per heavy atom. The van der Waals surface area contributed by atoms with Gasteiger partial charge in [0, 0.05) is 6.42 Å². The van der Waals surface area contributed by atoms with Crippen molar-refractivity contribution < 1.29 is 28.9 Å². The van der Waals surface area contributed by atoms with Gasteiger partial charge in [0.2, 0.25) is 5.91 Å². The van der Waals surface area contributed by atoms with Gasteiger partial charge < -0.3 is 19.3 Å². The van der Waals surface area contributed by atoms with Crippen LogP contribution >= 0.6 is 27.7 Å². The van der Waals surface area contributed by atoms with E-state index in [4.69, 9.17) is 14.2 Å². The summed E-state index contributed by atoms with van der Waals surface area (Å²) in [4.78, 5) is 29.0. The lowest BCUT2D eigenvalue weighted by atomic mass is 10.1. The SMILES string of the molecule is CCCC(=O)N=C1S/C(=C\c2cc(Br)c(OCc3ccccc3)c(OC)c2)C(O)=C1C(=O)OCC. The van der Waals surface area contributed by atoms with Gasteiger partial charge in [-0.1, -0.05) is 49.0 Å². The van der Waals surface area contributed by atoms with Gasteiger partial charge in [-0.25, -0.2) is 9.79 Å². The van der Waals surface area contributed by atoms with E-state index in [-0.39, 0.29) is 35.3 Å². The molecule has 0 fully saturated rings. The average molecular weight is 560 g/mol. The minimum Gasteiger partial charge on any atom is -0.506 e. The third kappa shape index (κ3) is 6.76. The fourth-order valence-corrected chi connectivity index (χ4v) is 4.82.